The van der Waals surface area contributed by atoms with E-state index in [2.05, 4.69) is 54.7 Å². The first-order valence-electron chi connectivity index (χ1n) is 8.01. The fraction of sp³-hybridized carbons (Fsp3) is 0.444. The Morgan fingerprint density at radius 3 is 2.67 bits per heavy atom. The van der Waals surface area contributed by atoms with Gasteiger partial charge in [0.05, 0.1) is 17.3 Å². The SMILES string of the molecule is Cc1c(C(=O)NCc2ccc3c(c2)CNC3)cnn1C(C)(C)C.Cl. The maximum absolute atomic E-state index is 12.4. The van der Waals surface area contributed by atoms with Crippen LogP contribution in [-0.2, 0) is 25.2 Å². The summed E-state index contributed by atoms with van der Waals surface area (Å²) in [5.74, 6) is -0.0726. The van der Waals surface area contributed by atoms with Gasteiger partial charge in [-0.15, -0.1) is 12.4 Å². The molecule has 130 valence electrons. The Morgan fingerprint density at radius 2 is 2.00 bits per heavy atom. The number of nitrogens with one attached hydrogen (secondary N) is 2. The van der Waals surface area contributed by atoms with Crippen LogP contribution in [0.1, 0.15) is 53.5 Å². The van der Waals surface area contributed by atoms with Crippen LogP contribution in [0, 0.1) is 6.92 Å². The van der Waals surface area contributed by atoms with Crippen LogP contribution < -0.4 is 10.6 Å². The monoisotopic (exact) mass is 348 g/mol. The van der Waals surface area contributed by atoms with Crippen LogP contribution in [-0.4, -0.2) is 15.7 Å². The van der Waals surface area contributed by atoms with Crippen molar-refractivity contribution in [2.75, 3.05) is 0 Å². The quantitative estimate of drug-likeness (QED) is 0.896. The second-order valence-corrected chi connectivity index (χ2v) is 7.12. The molecule has 2 aromatic rings. The summed E-state index contributed by atoms with van der Waals surface area (Å²) >= 11 is 0. The lowest BCUT2D eigenvalue weighted by molar-refractivity contribution is 0.0950. The summed E-state index contributed by atoms with van der Waals surface area (Å²) in [6.07, 6.45) is 1.66. The first kappa shape index (κ1) is 18.5. The molecular formula is C18H25ClN4O. The Bertz CT molecular complexity index is 746. The Kier molecular flexibility index (Phi) is 5.35. The summed E-state index contributed by atoms with van der Waals surface area (Å²) in [6.45, 7) is 10.6. The van der Waals surface area contributed by atoms with Crippen LogP contribution in [0.3, 0.4) is 0 Å². The first-order valence-corrected chi connectivity index (χ1v) is 8.01. The molecule has 6 heteroatoms. The normalized spacial score (nSPS) is 13.3. The number of aromatic nitrogens is 2. The molecule has 2 heterocycles. The summed E-state index contributed by atoms with van der Waals surface area (Å²) in [7, 11) is 0. The summed E-state index contributed by atoms with van der Waals surface area (Å²) in [4.78, 5) is 12.4. The lowest BCUT2D eigenvalue weighted by atomic mass is 10.1. The molecule has 0 saturated carbocycles. The smallest absolute Gasteiger partial charge is 0.255 e. The van der Waals surface area contributed by atoms with Crippen molar-refractivity contribution in [2.45, 2.75) is 52.9 Å². The van der Waals surface area contributed by atoms with Crippen molar-refractivity contribution in [3.05, 3.63) is 52.3 Å². The van der Waals surface area contributed by atoms with E-state index in [4.69, 9.17) is 0 Å². The van der Waals surface area contributed by atoms with Gasteiger partial charge in [0.2, 0.25) is 0 Å². The van der Waals surface area contributed by atoms with E-state index in [-0.39, 0.29) is 23.9 Å². The fourth-order valence-corrected chi connectivity index (χ4v) is 3.04. The van der Waals surface area contributed by atoms with Crippen LogP contribution in [0.15, 0.2) is 24.4 Å². The molecule has 1 aromatic heterocycles. The van der Waals surface area contributed by atoms with E-state index in [9.17, 15) is 4.79 Å². The van der Waals surface area contributed by atoms with E-state index < -0.39 is 0 Å². The largest absolute Gasteiger partial charge is 0.348 e. The van der Waals surface area contributed by atoms with Gasteiger partial charge in [0.1, 0.15) is 0 Å². The van der Waals surface area contributed by atoms with Crippen molar-refractivity contribution in [2.24, 2.45) is 0 Å². The van der Waals surface area contributed by atoms with Gasteiger partial charge in [-0.25, -0.2) is 0 Å². The van der Waals surface area contributed by atoms with Gasteiger partial charge in [0.25, 0.3) is 5.91 Å². The highest BCUT2D eigenvalue weighted by atomic mass is 35.5. The molecule has 0 fully saturated rings. The summed E-state index contributed by atoms with van der Waals surface area (Å²) < 4.78 is 1.89. The van der Waals surface area contributed by atoms with Gasteiger partial charge in [-0.1, -0.05) is 18.2 Å². The highest BCUT2D eigenvalue weighted by Crippen LogP contribution is 2.19. The molecule has 5 nitrogen and oxygen atoms in total. The molecule has 1 aliphatic heterocycles. The van der Waals surface area contributed by atoms with Crippen LogP contribution in [0.4, 0.5) is 0 Å². The number of carbonyl (C=O) groups excluding carboxylic acids is 1. The molecule has 0 radical (unpaired) electrons. The van der Waals surface area contributed by atoms with Crippen LogP contribution in [0.5, 0.6) is 0 Å². The van der Waals surface area contributed by atoms with Gasteiger partial charge < -0.3 is 10.6 Å². The third kappa shape index (κ3) is 3.62. The number of halogens is 1. The standard InChI is InChI=1S/C18H24N4O.ClH/c1-12-16(11-21-22(12)18(2,3)4)17(23)20-8-13-5-6-14-9-19-10-15(14)7-13;/h5-7,11,19H,8-10H2,1-4H3,(H,20,23);1H. The Morgan fingerprint density at radius 1 is 1.29 bits per heavy atom. The highest BCUT2D eigenvalue weighted by Gasteiger charge is 2.21. The molecule has 0 saturated heterocycles. The van der Waals surface area contributed by atoms with Gasteiger partial charge in [-0.05, 0) is 44.4 Å². The molecule has 0 aliphatic carbocycles. The zero-order chi connectivity index (χ0) is 16.6. The topological polar surface area (TPSA) is 59.0 Å². The van der Waals surface area contributed by atoms with E-state index in [0.29, 0.717) is 12.1 Å². The third-order valence-corrected chi connectivity index (χ3v) is 4.24. The molecule has 1 amide bonds. The Labute approximate surface area is 149 Å². The van der Waals surface area contributed by atoms with Crippen LogP contribution in [0.25, 0.3) is 0 Å². The minimum Gasteiger partial charge on any atom is -0.348 e. The Hall–Kier alpha value is -1.85. The van der Waals surface area contributed by atoms with Gasteiger partial charge in [-0.2, -0.15) is 5.10 Å². The van der Waals surface area contributed by atoms with E-state index in [1.54, 1.807) is 6.20 Å². The summed E-state index contributed by atoms with van der Waals surface area (Å²) in [5.41, 5.74) is 5.21. The fourth-order valence-electron chi connectivity index (χ4n) is 3.04. The molecular weight excluding hydrogens is 324 g/mol. The zero-order valence-corrected chi connectivity index (χ0v) is 15.5. The molecule has 0 unspecified atom stereocenters. The summed E-state index contributed by atoms with van der Waals surface area (Å²) in [5, 5.41) is 10.7. The lowest BCUT2D eigenvalue weighted by Crippen LogP contribution is -2.26. The molecule has 0 atom stereocenters. The lowest BCUT2D eigenvalue weighted by Gasteiger charge is -2.21. The average molecular weight is 349 g/mol. The van der Waals surface area contributed by atoms with E-state index in [1.165, 1.54) is 11.1 Å². The van der Waals surface area contributed by atoms with E-state index >= 15 is 0 Å². The van der Waals surface area contributed by atoms with Crippen LogP contribution >= 0.6 is 12.4 Å². The molecule has 0 bridgehead atoms. The van der Waals surface area contributed by atoms with Gasteiger partial charge in [0.15, 0.2) is 0 Å². The Balaban J connectivity index is 0.00000208. The average Bonchev–Trinajstić information content (AvgIpc) is 3.09. The van der Waals surface area contributed by atoms with E-state index in [0.717, 1.165) is 24.3 Å². The molecule has 0 spiro atoms. The number of nitrogens with zero attached hydrogens (tertiary/aromatic N) is 2. The number of benzene rings is 1. The molecule has 1 aliphatic rings. The van der Waals surface area contributed by atoms with Crippen molar-refractivity contribution in [1.29, 1.82) is 0 Å². The molecule has 24 heavy (non-hydrogen) atoms. The number of fused-ring (bicyclic) bond motifs is 1. The second-order valence-electron chi connectivity index (χ2n) is 7.12. The van der Waals surface area contributed by atoms with Crippen LogP contribution in [0.2, 0.25) is 0 Å². The zero-order valence-electron chi connectivity index (χ0n) is 14.6. The van der Waals surface area contributed by atoms with Crippen molar-refractivity contribution >= 4 is 18.3 Å². The highest BCUT2D eigenvalue weighted by molar-refractivity contribution is 5.95. The molecule has 3 rings (SSSR count). The van der Waals surface area contributed by atoms with Crippen molar-refractivity contribution in [1.82, 2.24) is 20.4 Å². The first-order chi connectivity index (χ1) is 10.9. The molecule has 2 N–H and O–H groups in total. The number of hydrogen-bond donors (Lipinski definition) is 2. The predicted octanol–water partition coefficient (Wildman–Crippen LogP) is 2.90. The van der Waals surface area contributed by atoms with Gasteiger partial charge in [-0.3, -0.25) is 9.48 Å². The van der Waals surface area contributed by atoms with Gasteiger partial charge in [0, 0.05) is 25.3 Å². The van der Waals surface area contributed by atoms with Gasteiger partial charge >= 0.3 is 0 Å². The minimum atomic E-state index is -0.129. The van der Waals surface area contributed by atoms with E-state index in [1.807, 2.05) is 11.6 Å². The number of carbonyl (C=O) groups is 1. The maximum Gasteiger partial charge on any atom is 0.255 e. The summed E-state index contributed by atoms with van der Waals surface area (Å²) in [6, 6.07) is 6.39. The molecule has 1 aromatic carbocycles. The predicted molar refractivity (Wildman–Crippen MR) is 97.4 cm³/mol. The number of amides is 1. The van der Waals surface area contributed by atoms with Crippen molar-refractivity contribution in [3.63, 3.8) is 0 Å². The maximum atomic E-state index is 12.4. The third-order valence-electron chi connectivity index (χ3n) is 4.24. The number of rotatable bonds is 3. The van der Waals surface area contributed by atoms with Crippen molar-refractivity contribution < 1.29 is 4.79 Å². The number of hydrogen-bond acceptors (Lipinski definition) is 3. The second kappa shape index (κ2) is 6.95. The minimum absolute atomic E-state index is 0. The van der Waals surface area contributed by atoms with Crippen molar-refractivity contribution in [3.8, 4) is 0 Å².